The fraction of sp³-hybridized carbons (Fsp3) is 0.458. The molecule has 0 bridgehead atoms. The first-order valence-electron chi connectivity index (χ1n) is 10.5. The minimum atomic E-state index is -0.679. The zero-order valence-corrected chi connectivity index (χ0v) is 17.2. The molecule has 1 saturated heterocycles. The van der Waals surface area contributed by atoms with E-state index in [2.05, 4.69) is 43.0 Å². The Bertz CT molecular complexity index is 703. The van der Waals surface area contributed by atoms with E-state index in [1.54, 1.807) is 0 Å². The number of hydrogen-bond donors (Lipinski definition) is 1. The van der Waals surface area contributed by atoms with E-state index in [1.807, 2.05) is 41.3 Å². The standard InChI is InChI=1S/C24H33N3O/c1-3-27(4-2)23(28)24(20-11-7-5-8-12-20,21-13-9-6-10-14-21)16-18-26-17-15-22(25)19-26/h5-14,22H,3-4,15-19,25H2,1-2H3/t22-/m1/s1. The van der Waals surface area contributed by atoms with Crippen LogP contribution in [0.1, 0.15) is 37.8 Å². The van der Waals surface area contributed by atoms with Gasteiger partial charge in [0.05, 0.1) is 0 Å². The van der Waals surface area contributed by atoms with E-state index < -0.39 is 5.41 Å². The zero-order chi connectivity index (χ0) is 20.0. The van der Waals surface area contributed by atoms with Crippen LogP contribution in [0.2, 0.25) is 0 Å². The van der Waals surface area contributed by atoms with Crippen molar-refractivity contribution < 1.29 is 4.79 Å². The van der Waals surface area contributed by atoms with Gasteiger partial charge in [-0.05, 0) is 50.9 Å². The predicted octanol–water partition coefficient (Wildman–Crippen LogP) is 3.26. The summed E-state index contributed by atoms with van der Waals surface area (Å²) in [5, 5.41) is 0. The van der Waals surface area contributed by atoms with Crippen LogP contribution in [0.5, 0.6) is 0 Å². The Labute approximate surface area is 169 Å². The third kappa shape index (κ3) is 4.13. The van der Waals surface area contributed by atoms with Crippen LogP contribution in [0.25, 0.3) is 0 Å². The van der Waals surface area contributed by atoms with Crippen molar-refractivity contribution in [2.24, 2.45) is 5.73 Å². The van der Waals surface area contributed by atoms with E-state index in [9.17, 15) is 4.79 Å². The normalized spacial score (nSPS) is 17.6. The maximum absolute atomic E-state index is 14.0. The van der Waals surface area contributed by atoms with Gasteiger partial charge in [0.2, 0.25) is 5.91 Å². The van der Waals surface area contributed by atoms with E-state index in [4.69, 9.17) is 5.73 Å². The van der Waals surface area contributed by atoms with Gasteiger partial charge in [0.25, 0.3) is 0 Å². The molecule has 4 nitrogen and oxygen atoms in total. The molecule has 1 atom stereocenters. The number of likely N-dealkylation sites (tertiary alicyclic amines) is 1. The molecule has 1 heterocycles. The second-order valence-electron chi connectivity index (χ2n) is 7.71. The molecule has 28 heavy (non-hydrogen) atoms. The average Bonchev–Trinajstić information content (AvgIpc) is 3.16. The molecule has 1 amide bonds. The van der Waals surface area contributed by atoms with Crippen LogP contribution in [-0.4, -0.2) is 54.5 Å². The van der Waals surface area contributed by atoms with Gasteiger partial charge in [-0.25, -0.2) is 0 Å². The van der Waals surface area contributed by atoms with Gasteiger partial charge in [-0.1, -0.05) is 60.7 Å². The van der Waals surface area contributed by atoms with E-state index in [0.29, 0.717) is 13.1 Å². The Balaban J connectivity index is 2.07. The summed E-state index contributed by atoms with van der Waals surface area (Å²) in [6, 6.07) is 20.8. The van der Waals surface area contributed by atoms with Crippen molar-refractivity contribution in [2.75, 3.05) is 32.7 Å². The lowest BCUT2D eigenvalue weighted by Crippen LogP contribution is -2.49. The third-order valence-corrected chi connectivity index (χ3v) is 6.06. The van der Waals surface area contributed by atoms with E-state index in [-0.39, 0.29) is 11.9 Å². The van der Waals surface area contributed by atoms with E-state index in [1.165, 1.54) is 0 Å². The number of rotatable bonds is 8. The molecule has 0 saturated carbocycles. The molecule has 2 N–H and O–H groups in total. The van der Waals surface area contributed by atoms with Gasteiger partial charge in [0, 0.05) is 25.7 Å². The molecule has 3 rings (SSSR count). The molecule has 1 aliphatic rings. The van der Waals surface area contributed by atoms with Crippen molar-refractivity contribution in [3.63, 3.8) is 0 Å². The van der Waals surface area contributed by atoms with Crippen LogP contribution in [-0.2, 0) is 10.2 Å². The molecule has 0 aromatic heterocycles. The Morgan fingerprint density at radius 2 is 1.57 bits per heavy atom. The van der Waals surface area contributed by atoms with Crippen LogP contribution < -0.4 is 5.73 Å². The van der Waals surface area contributed by atoms with Gasteiger partial charge >= 0.3 is 0 Å². The minimum absolute atomic E-state index is 0.193. The van der Waals surface area contributed by atoms with Crippen molar-refractivity contribution in [3.05, 3.63) is 71.8 Å². The Morgan fingerprint density at radius 3 is 2.00 bits per heavy atom. The summed E-state index contributed by atoms with van der Waals surface area (Å²) in [7, 11) is 0. The molecule has 2 aromatic rings. The van der Waals surface area contributed by atoms with Crippen LogP contribution in [0.15, 0.2) is 60.7 Å². The van der Waals surface area contributed by atoms with Crippen molar-refractivity contribution >= 4 is 5.91 Å². The van der Waals surface area contributed by atoms with Gasteiger partial charge in [0.1, 0.15) is 5.41 Å². The number of carbonyl (C=O) groups excluding carboxylic acids is 1. The Hall–Kier alpha value is -2.17. The van der Waals surface area contributed by atoms with Crippen LogP contribution in [0.3, 0.4) is 0 Å². The largest absolute Gasteiger partial charge is 0.342 e. The van der Waals surface area contributed by atoms with Gasteiger partial charge < -0.3 is 15.5 Å². The number of nitrogens with zero attached hydrogens (tertiary/aromatic N) is 2. The molecule has 2 aromatic carbocycles. The number of amides is 1. The molecule has 150 valence electrons. The average molecular weight is 380 g/mol. The zero-order valence-electron chi connectivity index (χ0n) is 17.2. The van der Waals surface area contributed by atoms with Crippen LogP contribution >= 0.6 is 0 Å². The number of likely N-dealkylation sites (N-methyl/N-ethyl adjacent to an activating group) is 1. The summed E-state index contributed by atoms with van der Waals surface area (Å²) >= 11 is 0. The summed E-state index contributed by atoms with van der Waals surface area (Å²) < 4.78 is 0. The van der Waals surface area contributed by atoms with Gasteiger partial charge in [-0.15, -0.1) is 0 Å². The van der Waals surface area contributed by atoms with Crippen molar-refractivity contribution in [3.8, 4) is 0 Å². The lowest BCUT2D eigenvalue weighted by molar-refractivity contribution is -0.136. The highest BCUT2D eigenvalue weighted by Crippen LogP contribution is 2.38. The van der Waals surface area contributed by atoms with Crippen molar-refractivity contribution in [2.45, 2.75) is 38.1 Å². The molecule has 1 aliphatic heterocycles. The molecule has 1 fully saturated rings. The molecule has 4 heteroatoms. The third-order valence-electron chi connectivity index (χ3n) is 6.06. The minimum Gasteiger partial charge on any atom is -0.342 e. The number of benzene rings is 2. The summed E-state index contributed by atoms with van der Waals surface area (Å²) in [6.45, 7) is 8.34. The summed E-state index contributed by atoms with van der Waals surface area (Å²) in [4.78, 5) is 18.4. The van der Waals surface area contributed by atoms with Crippen LogP contribution in [0.4, 0.5) is 0 Å². The van der Waals surface area contributed by atoms with Crippen molar-refractivity contribution in [1.29, 1.82) is 0 Å². The first-order valence-corrected chi connectivity index (χ1v) is 10.5. The molecule has 0 spiro atoms. The monoisotopic (exact) mass is 379 g/mol. The molecule has 0 aliphatic carbocycles. The predicted molar refractivity (Wildman–Crippen MR) is 115 cm³/mol. The number of hydrogen-bond acceptors (Lipinski definition) is 3. The highest BCUT2D eigenvalue weighted by atomic mass is 16.2. The Kier molecular flexibility index (Phi) is 6.87. The maximum atomic E-state index is 14.0. The van der Waals surface area contributed by atoms with Gasteiger partial charge in [-0.3, -0.25) is 4.79 Å². The molecule has 0 radical (unpaired) electrons. The second-order valence-corrected chi connectivity index (χ2v) is 7.71. The van der Waals surface area contributed by atoms with Gasteiger partial charge in [-0.2, -0.15) is 0 Å². The summed E-state index contributed by atoms with van der Waals surface area (Å²) in [5.74, 6) is 0.193. The maximum Gasteiger partial charge on any atom is 0.237 e. The lowest BCUT2D eigenvalue weighted by atomic mass is 9.70. The quantitative estimate of drug-likeness (QED) is 0.766. The number of carbonyl (C=O) groups is 1. The van der Waals surface area contributed by atoms with Crippen molar-refractivity contribution in [1.82, 2.24) is 9.80 Å². The van der Waals surface area contributed by atoms with E-state index in [0.717, 1.165) is 43.6 Å². The first kappa shape index (κ1) is 20.6. The molecular formula is C24H33N3O. The fourth-order valence-electron chi connectivity index (χ4n) is 4.43. The lowest BCUT2D eigenvalue weighted by Gasteiger charge is -2.39. The number of nitrogens with two attached hydrogens (primary N) is 1. The first-order chi connectivity index (χ1) is 13.6. The topological polar surface area (TPSA) is 49.6 Å². The fourth-order valence-corrected chi connectivity index (χ4v) is 4.43. The SMILES string of the molecule is CCN(CC)C(=O)C(CCN1CC[C@@H](N)C1)(c1ccccc1)c1ccccc1. The molecular weight excluding hydrogens is 346 g/mol. The highest BCUT2D eigenvalue weighted by Gasteiger charge is 2.44. The highest BCUT2D eigenvalue weighted by molar-refractivity contribution is 5.92. The molecule has 0 unspecified atom stereocenters. The van der Waals surface area contributed by atoms with E-state index >= 15 is 0 Å². The van der Waals surface area contributed by atoms with Crippen LogP contribution in [0, 0.1) is 0 Å². The smallest absolute Gasteiger partial charge is 0.237 e. The summed E-state index contributed by atoms with van der Waals surface area (Å²) in [5.41, 5.74) is 7.58. The van der Waals surface area contributed by atoms with Gasteiger partial charge in [0.15, 0.2) is 0 Å². The second kappa shape index (κ2) is 9.35. The Morgan fingerprint density at radius 1 is 1.04 bits per heavy atom. The summed E-state index contributed by atoms with van der Waals surface area (Å²) in [6.07, 6.45) is 1.79.